The van der Waals surface area contributed by atoms with E-state index < -0.39 is 0 Å². The first-order valence-corrected chi connectivity index (χ1v) is 6.28. The van der Waals surface area contributed by atoms with E-state index in [0.29, 0.717) is 5.41 Å². The van der Waals surface area contributed by atoms with Crippen LogP contribution in [0.25, 0.3) is 0 Å². The standard InChI is InChI=1S/C15H23N/c1-14(2,3)16-12-15(9-10-15)11-13-7-5-4-6-8-13/h4-8,16H,9-12H2,1-3H3. The summed E-state index contributed by atoms with van der Waals surface area (Å²) < 4.78 is 0. The van der Waals surface area contributed by atoms with Gasteiger partial charge < -0.3 is 5.32 Å². The molecule has 0 heterocycles. The monoisotopic (exact) mass is 217 g/mol. The summed E-state index contributed by atoms with van der Waals surface area (Å²) in [6, 6.07) is 10.9. The lowest BCUT2D eigenvalue weighted by molar-refractivity contribution is 0.356. The molecule has 0 bridgehead atoms. The third-order valence-corrected chi connectivity index (χ3v) is 3.37. The molecule has 1 N–H and O–H groups in total. The maximum atomic E-state index is 3.64. The van der Waals surface area contributed by atoms with E-state index in [2.05, 4.69) is 56.4 Å². The van der Waals surface area contributed by atoms with E-state index in [1.54, 1.807) is 0 Å². The predicted octanol–water partition coefficient (Wildman–Crippen LogP) is 3.40. The second kappa shape index (κ2) is 4.21. The maximum Gasteiger partial charge on any atom is 0.00967 e. The summed E-state index contributed by atoms with van der Waals surface area (Å²) in [5.74, 6) is 0. The van der Waals surface area contributed by atoms with Crippen molar-refractivity contribution in [3.8, 4) is 0 Å². The average molecular weight is 217 g/mol. The Hall–Kier alpha value is -0.820. The molecule has 0 spiro atoms. The SMILES string of the molecule is CC(C)(C)NCC1(Cc2ccccc2)CC1. The van der Waals surface area contributed by atoms with Gasteiger partial charge in [-0.15, -0.1) is 0 Å². The summed E-state index contributed by atoms with van der Waals surface area (Å²) in [5, 5.41) is 3.64. The van der Waals surface area contributed by atoms with Gasteiger partial charge >= 0.3 is 0 Å². The van der Waals surface area contributed by atoms with E-state index in [9.17, 15) is 0 Å². The summed E-state index contributed by atoms with van der Waals surface area (Å²) in [7, 11) is 0. The fourth-order valence-electron chi connectivity index (χ4n) is 2.07. The lowest BCUT2D eigenvalue weighted by Crippen LogP contribution is -2.40. The van der Waals surface area contributed by atoms with Crippen molar-refractivity contribution in [2.45, 2.75) is 45.6 Å². The zero-order valence-electron chi connectivity index (χ0n) is 10.7. The van der Waals surface area contributed by atoms with Crippen LogP contribution in [-0.2, 0) is 6.42 Å². The molecule has 0 aromatic heterocycles. The Morgan fingerprint density at radius 2 is 1.75 bits per heavy atom. The van der Waals surface area contributed by atoms with Crippen LogP contribution in [0, 0.1) is 5.41 Å². The molecule has 16 heavy (non-hydrogen) atoms. The molecular weight excluding hydrogens is 194 g/mol. The van der Waals surface area contributed by atoms with Gasteiger partial charge in [0.2, 0.25) is 0 Å². The normalized spacial score (nSPS) is 18.4. The minimum Gasteiger partial charge on any atom is -0.312 e. The number of rotatable bonds is 4. The number of hydrogen-bond donors (Lipinski definition) is 1. The van der Waals surface area contributed by atoms with Crippen molar-refractivity contribution in [3.05, 3.63) is 35.9 Å². The zero-order chi connectivity index (χ0) is 11.6. The van der Waals surface area contributed by atoms with E-state index >= 15 is 0 Å². The third-order valence-electron chi connectivity index (χ3n) is 3.37. The lowest BCUT2D eigenvalue weighted by atomic mass is 9.95. The minimum absolute atomic E-state index is 0.242. The average Bonchev–Trinajstić information content (AvgIpc) is 2.96. The largest absolute Gasteiger partial charge is 0.312 e. The molecule has 1 aromatic carbocycles. The van der Waals surface area contributed by atoms with Crippen molar-refractivity contribution in [2.24, 2.45) is 5.41 Å². The highest BCUT2D eigenvalue weighted by Gasteiger charge is 2.42. The van der Waals surface area contributed by atoms with Crippen LogP contribution in [0.2, 0.25) is 0 Å². The van der Waals surface area contributed by atoms with Crippen LogP contribution in [0.1, 0.15) is 39.2 Å². The highest BCUT2D eigenvalue weighted by atomic mass is 15.0. The van der Waals surface area contributed by atoms with Gasteiger partial charge in [0.25, 0.3) is 0 Å². The first-order chi connectivity index (χ1) is 7.49. The zero-order valence-corrected chi connectivity index (χ0v) is 10.7. The molecule has 1 saturated carbocycles. The summed E-state index contributed by atoms with van der Waals surface area (Å²) in [4.78, 5) is 0. The van der Waals surface area contributed by atoms with E-state index in [0.717, 1.165) is 6.54 Å². The van der Waals surface area contributed by atoms with Crippen molar-refractivity contribution in [2.75, 3.05) is 6.54 Å². The first kappa shape index (κ1) is 11.7. The fourth-order valence-corrected chi connectivity index (χ4v) is 2.07. The van der Waals surface area contributed by atoms with Crippen molar-refractivity contribution in [1.29, 1.82) is 0 Å². The number of hydrogen-bond acceptors (Lipinski definition) is 1. The number of benzene rings is 1. The molecule has 0 amide bonds. The van der Waals surface area contributed by atoms with Crippen molar-refractivity contribution < 1.29 is 0 Å². The molecule has 0 unspecified atom stereocenters. The Bertz CT molecular complexity index is 330. The van der Waals surface area contributed by atoms with Crippen LogP contribution < -0.4 is 5.32 Å². The van der Waals surface area contributed by atoms with Crippen molar-refractivity contribution >= 4 is 0 Å². The van der Waals surface area contributed by atoms with Crippen LogP contribution in [0.5, 0.6) is 0 Å². The molecule has 88 valence electrons. The van der Waals surface area contributed by atoms with Crippen LogP contribution in [0.15, 0.2) is 30.3 Å². The van der Waals surface area contributed by atoms with Crippen LogP contribution in [0.3, 0.4) is 0 Å². The van der Waals surface area contributed by atoms with Gasteiger partial charge in [-0.2, -0.15) is 0 Å². The van der Waals surface area contributed by atoms with E-state index in [1.165, 1.54) is 24.8 Å². The van der Waals surface area contributed by atoms with Gasteiger partial charge in [0.15, 0.2) is 0 Å². The van der Waals surface area contributed by atoms with Gasteiger partial charge in [0, 0.05) is 12.1 Å². The molecule has 2 rings (SSSR count). The molecule has 0 saturated heterocycles. The quantitative estimate of drug-likeness (QED) is 0.815. The number of nitrogens with one attached hydrogen (secondary N) is 1. The van der Waals surface area contributed by atoms with Crippen LogP contribution in [0.4, 0.5) is 0 Å². The molecule has 1 nitrogen and oxygen atoms in total. The molecular formula is C15H23N. The Labute approximate surface area is 99.3 Å². The second-order valence-electron chi connectivity index (χ2n) is 6.27. The van der Waals surface area contributed by atoms with E-state index in [4.69, 9.17) is 0 Å². The summed E-state index contributed by atoms with van der Waals surface area (Å²) >= 11 is 0. The topological polar surface area (TPSA) is 12.0 Å². The summed E-state index contributed by atoms with van der Waals surface area (Å²) in [6.45, 7) is 7.88. The Balaban J connectivity index is 1.90. The molecule has 1 aliphatic carbocycles. The smallest absolute Gasteiger partial charge is 0.00967 e. The lowest BCUT2D eigenvalue weighted by Gasteiger charge is -2.25. The van der Waals surface area contributed by atoms with Gasteiger partial charge in [-0.25, -0.2) is 0 Å². The fraction of sp³-hybridized carbons (Fsp3) is 0.600. The molecule has 1 heteroatoms. The van der Waals surface area contributed by atoms with Crippen molar-refractivity contribution in [3.63, 3.8) is 0 Å². The van der Waals surface area contributed by atoms with Crippen LogP contribution in [-0.4, -0.2) is 12.1 Å². The highest BCUT2D eigenvalue weighted by molar-refractivity contribution is 5.19. The van der Waals surface area contributed by atoms with Gasteiger partial charge in [-0.3, -0.25) is 0 Å². The maximum absolute atomic E-state index is 3.64. The van der Waals surface area contributed by atoms with Gasteiger partial charge in [-0.05, 0) is 51.0 Å². The van der Waals surface area contributed by atoms with E-state index in [1.807, 2.05) is 0 Å². The molecule has 0 radical (unpaired) electrons. The predicted molar refractivity (Wildman–Crippen MR) is 69.6 cm³/mol. The minimum atomic E-state index is 0.242. The molecule has 1 fully saturated rings. The Kier molecular flexibility index (Phi) is 3.07. The molecule has 1 aliphatic rings. The summed E-state index contributed by atoms with van der Waals surface area (Å²) in [6.07, 6.45) is 3.99. The Morgan fingerprint density at radius 3 is 2.25 bits per heavy atom. The van der Waals surface area contributed by atoms with Gasteiger partial charge in [0.1, 0.15) is 0 Å². The summed E-state index contributed by atoms with van der Waals surface area (Å²) in [5.41, 5.74) is 2.27. The van der Waals surface area contributed by atoms with Crippen molar-refractivity contribution in [1.82, 2.24) is 5.32 Å². The van der Waals surface area contributed by atoms with Gasteiger partial charge in [0.05, 0.1) is 0 Å². The molecule has 0 aliphatic heterocycles. The Morgan fingerprint density at radius 1 is 1.12 bits per heavy atom. The first-order valence-electron chi connectivity index (χ1n) is 6.28. The second-order valence-corrected chi connectivity index (χ2v) is 6.27. The third kappa shape index (κ3) is 3.34. The molecule has 0 atom stereocenters. The van der Waals surface area contributed by atoms with Crippen LogP contribution >= 0.6 is 0 Å². The molecule has 1 aromatic rings. The van der Waals surface area contributed by atoms with Gasteiger partial charge in [-0.1, -0.05) is 30.3 Å². The van der Waals surface area contributed by atoms with E-state index in [-0.39, 0.29) is 5.54 Å². The highest BCUT2D eigenvalue weighted by Crippen LogP contribution is 2.48.